The SMILES string of the molecule is Cc1ccc(CN(CCNC(=O)c2cccs2)Cc2ccccn2)s1. The van der Waals surface area contributed by atoms with Gasteiger partial charge in [0.25, 0.3) is 5.91 Å². The molecule has 3 aromatic heterocycles. The van der Waals surface area contributed by atoms with E-state index >= 15 is 0 Å². The summed E-state index contributed by atoms with van der Waals surface area (Å²) in [5, 5.41) is 4.92. The normalized spacial score (nSPS) is 11.0. The van der Waals surface area contributed by atoms with Crippen molar-refractivity contribution < 1.29 is 4.79 Å². The van der Waals surface area contributed by atoms with E-state index in [1.807, 2.05) is 53.2 Å². The molecule has 0 atom stereocenters. The highest BCUT2D eigenvalue weighted by Gasteiger charge is 2.11. The fraction of sp³-hybridized carbons (Fsp3) is 0.263. The molecule has 0 saturated heterocycles. The molecule has 0 aliphatic heterocycles. The summed E-state index contributed by atoms with van der Waals surface area (Å²) in [7, 11) is 0. The van der Waals surface area contributed by atoms with Gasteiger partial charge in [-0.15, -0.1) is 22.7 Å². The molecule has 0 aliphatic carbocycles. The van der Waals surface area contributed by atoms with Crippen molar-refractivity contribution in [3.8, 4) is 0 Å². The molecule has 0 bridgehead atoms. The Morgan fingerprint density at radius 3 is 2.76 bits per heavy atom. The second-order valence-electron chi connectivity index (χ2n) is 5.78. The number of carbonyl (C=O) groups excluding carboxylic acids is 1. The molecule has 3 rings (SSSR count). The minimum atomic E-state index is -0.000228. The lowest BCUT2D eigenvalue weighted by Crippen LogP contribution is -2.34. The fourth-order valence-corrected chi connectivity index (χ4v) is 4.12. The number of thiophene rings is 2. The van der Waals surface area contributed by atoms with Gasteiger partial charge in [0.1, 0.15) is 0 Å². The predicted octanol–water partition coefficient (Wildman–Crippen LogP) is 3.95. The third-order valence-electron chi connectivity index (χ3n) is 3.75. The van der Waals surface area contributed by atoms with E-state index in [0.29, 0.717) is 6.54 Å². The minimum absolute atomic E-state index is 0.000228. The first-order chi connectivity index (χ1) is 12.2. The number of hydrogen-bond acceptors (Lipinski definition) is 5. The lowest BCUT2D eigenvalue weighted by Gasteiger charge is -2.21. The van der Waals surface area contributed by atoms with Crippen molar-refractivity contribution >= 4 is 28.6 Å². The first-order valence-electron chi connectivity index (χ1n) is 8.20. The Kier molecular flexibility index (Phi) is 6.33. The number of rotatable bonds is 8. The summed E-state index contributed by atoms with van der Waals surface area (Å²) in [5.74, 6) is -0.000228. The zero-order chi connectivity index (χ0) is 17.5. The molecule has 3 aromatic rings. The molecule has 6 heteroatoms. The zero-order valence-electron chi connectivity index (χ0n) is 14.1. The van der Waals surface area contributed by atoms with Crippen LogP contribution in [-0.4, -0.2) is 28.9 Å². The number of nitrogens with one attached hydrogen (secondary N) is 1. The van der Waals surface area contributed by atoms with Crippen molar-refractivity contribution in [3.05, 3.63) is 74.4 Å². The van der Waals surface area contributed by atoms with E-state index in [9.17, 15) is 4.79 Å². The summed E-state index contributed by atoms with van der Waals surface area (Å²) in [6, 6.07) is 14.0. The predicted molar refractivity (Wildman–Crippen MR) is 104 cm³/mol. The van der Waals surface area contributed by atoms with Crippen LogP contribution in [0.5, 0.6) is 0 Å². The Balaban J connectivity index is 1.58. The van der Waals surface area contributed by atoms with Gasteiger partial charge in [-0.25, -0.2) is 0 Å². The molecule has 0 saturated carbocycles. The van der Waals surface area contributed by atoms with Gasteiger partial charge in [0.15, 0.2) is 0 Å². The van der Waals surface area contributed by atoms with Crippen molar-refractivity contribution in [2.75, 3.05) is 13.1 Å². The van der Waals surface area contributed by atoms with Gasteiger partial charge in [-0.05, 0) is 42.6 Å². The van der Waals surface area contributed by atoms with Gasteiger partial charge in [-0.2, -0.15) is 0 Å². The molecule has 0 aromatic carbocycles. The average molecular weight is 372 g/mol. The maximum atomic E-state index is 12.1. The Morgan fingerprint density at radius 1 is 1.16 bits per heavy atom. The number of aryl methyl sites for hydroxylation is 1. The van der Waals surface area contributed by atoms with Crippen molar-refractivity contribution in [1.29, 1.82) is 0 Å². The van der Waals surface area contributed by atoms with Crippen molar-refractivity contribution in [3.63, 3.8) is 0 Å². The number of aromatic nitrogens is 1. The first-order valence-corrected chi connectivity index (χ1v) is 9.89. The Morgan fingerprint density at radius 2 is 2.08 bits per heavy atom. The molecule has 130 valence electrons. The van der Waals surface area contributed by atoms with E-state index < -0.39 is 0 Å². The second kappa shape index (κ2) is 8.89. The van der Waals surface area contributed by atoms with Gasteiger partial charge in [0.2, 0.25) is 0 Å². The molecule has 0 unspecified atom stereocenters. The van der Waals surface area contributed by atoms with Crippen molar-refractivity contribution in [1.82, 2.24) is 15.2 Å². The number of hydrogen-bond donors (Lipinski definition) is 1. The van der Waals surface area contributed by atoms with E-state index in [-0.39, 0.29) is 5.91 Å². The topological polar surface area (TPSA) is 45.2 Å². The lowest BCUT2D eigenvalue weighted by atomic mass is 10.3. The summed E-state index contributed by atoms with van der Waals surface area (Å²) in [6.45, 7) is 5.16. The maximum absolute atomic E-state index is 12.1. The summed E-state index contributed by atoms with van der Waals surface area (Å²) < 4.78 is 0. The van der Waals surface area contributed by atoms with Crippen LogP contribution in [0.2, 0.25) is 0 Å². The second-order valence-corrected chi connectivity index (χ2v) is 8.10. The minimum Gasteiger partial charge on any atom is -0.350 e. The maximum Gasteiger partial charge on any atom is 0.261 e. The van der Waals surface area contributed by atoms with Crippen LogP contribution >= 0.6 is 22.7 Å². The molecule has 0 radical (unpaired) electrons. The largest absolute Gasteiger partial charge is 0.350 e. The molecular weight excluding hydrogens is 350 g/mol. The average Bonchev–Trinajstić information content (AvgIpc) is 3.27. The molecule has 0 spiro atoms. The van der Waals surface area contributed by atoms with E-state index in [1.165, 1.54) is 21.1 Å². The molecule has 0 aliphatic rings. The summed E-state index contributed by atoms with van der Waals surface area (Å²) >= 11 is 3.28. The third-order valence-corrected chi connectivity index (χ3v) is 5.60. The van der Waals surface area contributed by atoms with Crippen LogP contribution < -0.4 is 5.32 Å². The number of nitrogens with zero attached hydrogens (tertiary/aromatic N) is 2. The van der Waals surface area contributed by atoms with E-state index in [0.717, 1.165) is 30.2 Å². The van der Waals surface area contributed by atoms with E-state index in [1.54, 1.807) is 0 Å². The molecule has 0 fully saturated rings. The van der Waals surface area contributed by atoms with Gasteiger partial charge in [0.05, 0.1) is 10.6 Å². The Labute approximate surface area is 156 Å². The highest BCUT2D eigenvalue weighted by atomic mass is 32.1. The van der Waals surface area contributed by atoms with E-state index in [2.05, 4.69) is 34.3 Å². The Bertz CT molecular complexity index is 784. The summed E-state index contributed by atoms with van der Waals surface area (Å²) in [5.41, 5.74) is 1.04. The quantitative estimate of drug-likeness (QED) is 0.652. The van der Waals surface area contributed by atoms with Crippen molar-refractivity contribution in [2.45, 2.75) is 20.0 Å². The molecule has 1 N–H and O–H groups in total. The van der Waals surface area contributed by atoms with Gasteiger partial charge >= 0.3 is 0 Å². The van der Waals surface area contributed by atoms with Crippen LogP contribution in [0, 0.1) is 6.92 Å². The number of carbonyl (C=O) groups is 1. The summed E-state index contributed by atoms with van der Waals surface area (Å²) in [6.07, 6.45) is 1.82. The van der Waals surface area contributed by atoms with Gasteiger partial charge in [-0.1, -0.05) is 12.1 Å². The fourth-order valence-electron chi connectivity index (χ4n) is 2.55. The lowest BCUT2D eigenvalue weighted by molar-refractivity contribution is 0.0951. The standard InChI is InChI=1S/C19H21N3OS2/c1-15-7-8-17(25-15)14-22(13-16-5-2-3-9-20-16)11-10-21-19(23)18-6-4-12-24-18/h2-9,12H,10-11,13-14H2,1H3,(H,21,23). The monoisotopic (exact) mass is 371 g/mol. The highest BCUT2D eigenvalue weighted by molar-refractivity contribution is 7.12. The Hall–Kier alpha value is -2.02. The zero-order valence-corrected chi connectivity index (χ0v) is 15.8. The van der Waals surface area contributed by atoms with Crippen LogP contribution in [-0.2, 0) is 13.1 Å². The highest BCUT2D eigenvalue weighted by Crippen LogP contribution is 2.18. The molecule has 3 heterocycles. The molecule has 1 amide bonds. The third kappa shape index (κ3) is 5.49. The van der Waals surface area contributed by atoms with Crippen LogP contribution in [0.1, 0.15) is 25.1 Å². The van der Waals surface area contributed by atoms with Gasteiger partial charge < -0.3 is 5.32 Å². The molecular formula is C19H21N3OS2. The van der Waals surface area contributed by atoms with Gasteiger partial charge in [0, 0.05) is 42.1 Å². The van der Waals surface area contributed by atoms with Crippen LogP contribution in [0.15, 0.2) is 54.0 Å². The van der Waals surface area contributed by atoms with Gasteiger partial charge in [-0.3, -0.25) is 14.7 Å². The smallest absolute Gasteiger partial charge is 0.261 e. The van der Waals surface area contributed by atoms with Crippen LogP contribution in [0.25, 0.3) is 0 Å². The first kappa shape index (κ1) is 17.8. The van der Waals surface area contributed by atoms with Crippen LogP contribution in [0.4, 0.5) is 0 Å². The molecule has 25 heavy (non-hydrogen) atoms. The van der Waals surface area contributed by atoms with Crippen molar-refractivity contribution in [2.24, 2.45) is 0 Å². The van der Waals surface area contributed by atoms with E-state index in [4.69, 9.17) is 0 Å². The molecule has 4 nitrogen and oxygen atoms in total. The summed E-state index contributed by atoms with van der Waals surface area (Å²) in [4.78, 5) is 22.2. The van der Waals surface area contributed by atoms with Crippen LogP contribution in [0.3, 0.4) is 0 Å². The number of amides is 1. The number of pyridine rings is 1.